The number of aliphatic hydroxyl groups is 1. The van der Waals surface area contributed by atoms with Crippen molar-refractivity contribution in [1.29, 1.82) is 0 Å². The molecule has 0 aliphatic carbocycles. The molecule has 1 saturated heterocycles. The molecule has 12 heavy (non-hydrogen) atoms. The Bertz CT molecular complexity index is 170. The molecular formula is C9H17NO2. The van der Waals surface area contributed by atoms with E-state index in [4.69, 9.17) is 0 Å². The summed E-state index contributed by atoms with van der Waals surface area (Å²) >= 11 is 0. The van der Waals surface area contributed by atoms with Crippen LogP contribution in [-0.2, 0) is 4.79 Å². The van der Waals surface area contributed by atoms with Crippen LogP contribution in [0.2, 0.25) is 0 Å². The van der Waals surface area contributed by atoms with Crippen LogP contribution in [0.1, 0.15) is 26.7 Å². The molecule has 0 spiro atoms. The highest BCUT2D eigenvalue weighted by atomic mass is 16.3. The summed E-state index contributed by atoms with van der Waals surface area (Å²) < 4.78 is 0. The van der Waals surface area contributed by atoms with Crippen molar-refractivity contribution in [1.82, 2.24) is 4.90 Å². The van der Waals surface area contributed by atoms with E-state index in [9.17, 15) is 9.90 Å². The summed E-state index contributed by atoms with van der Waals surface area (Å²) in [5, 5.41) is 9.25. The number of carbonyl (C=O) groups is 1. The maximum atomic E-state index is 11.3. The van der Waals surface area contributed by atoms with E-state index in [0.717, 1.165) is 13.0 Å². The van der Waals surface area contributed by atoms with Gasteiger partial charge in [-0.15, -0.1) is 0 Å². The van der Waals surface area contributed by atoms with E-state index in [0.29, 0.717) is 13.0 Å². The van der Waals surface area contributed by atoms with E-state index in [1.54, 1.807) is 0 Å². The van der Waals surface area contributed by atoms with Gasteiger partial charge in [-0.2, -0.15) is 0 Å². The number of likely N-dealkylation sites (tertiary alicyclic amines) is 1. The van der Waals surface area contributed by atoms with Crippen LogP contribution < -0.4 is 0 Å². The van der Waals surface area contributed by atoms with Crippen molar-refractivity contribution in [2.45, 2.75) is 38.8 Å². The van der Waals surface area contributed by atoms with Gasteiger partial charge in [-0.05, 0) is 13.3 Å². The second-order valence-electron chi connectivity index (χ2n) is 3.43. The highest BCUT2D eigenvalue weighted by molar-refractivity contribution is 5.83. The molecule has 0 bridgehead atoms. The number of nitrogens with zero attached hydrogens (tertiary/aromatic N) is 1. The van der Waals surface area contributed by atoms with Gasteiger partial charge in [0.1, 0.15) is 5.78 Å². The molecule has 1 heterocycles. The predicted molar refractivity (Wildman–Crippen MR) is 47.0 cm³/mol. The van der Waals surface area contributed by atoms with Crippen LogP contribution in [0.3, 0.4) is 0 Å². The third-order valence-electron chi connectivity index (χ3n) is 2.56. The van der Waals surface area contributed by atoms with E-state index < -0.39 is 0 Å². The van der Waals surface area contributed by atoms with Gasteiger partial charge in [0.25, 0.3) is 0 Å². The van der Waals surface area contributed by atoms with Crippen LogP contribution in [0.5, 0.6) is 0 Å². The Labute approximate surface area is 73.4 Å². The molecule has 3 heteroatoms. The van der Waals surface area contributed by atoms with Gasteiger partial charge >= 0.3 is 0 Å². The van der Waals surface area contributed by atoms with Crippen molar-refractivity contribution < 1.29 is 9.90 Å². The Kier molecular flexibility index (Phi) is 3.23. The van der Waals surface area contributed by atoms with Gasteiger partial charge in [0, 0.05) is 19.5 Å². The minimum Gasteiger partial charge on any atom is -0.392 e. The number of hydrogen-bond donors (Lipinski definition) is 1. The van der Waals surface area contributed by atoms with Crippen LogP contribution in [0.4, 0.5) is 0 Å². The molecule has 2 atom stereocenters. The fourth-order valence-corrected chi connectivity index (χ4v) is 1.62. The topological polar surface area (TPSA) is 40.5 Å². The Morgan fingerprint density at radius 1 is 1.75 bits per heavy atom. The van der Waals surface area contributed by atoms with E-state index in [1.807, 2.05) is 13.8 Å². The van der Waals surface area contributed by atoms with Gasteiger partial charge in [0.05, 0.1) is 12.1 Å². The lowest BCUT2D eigenvalue weighted by Crippen LogP contribution is -2.37. The maximum absolute atomic E-state index is 11.3. The average Bonchev–Trinajstić information content (AvgIpc) is 2.49. The highest BCUT2D eigenvalue weighted by Crippen LogP contribution is 2.13. The summed E-state index contributed by atoms with van der Waals surface area (Å²) in [5.41, 5.74) is 0. The first kappa shape index (κ1) is 9.68. The lowest BCUT2D eigenvalue weighted by atomic mass is 10.1. The summed E-state index contributed by atoms with van der Waals surface area (Å²) in [6, 6.07) is -0.00727. The van der Waals surface area contributed by atoms with Crippen LogP contribution in [0, 0.1) is 0 Å². The second-order valence-corrected chi connectivity index (χ2v) is 3.43. The van der Waals surface area contributed by atoms with E-state index in [2.05, 4.69) is 4.90 Å². The number of Topliss-reactive ketones (excluding diaryl/α,β-unsaturated/α-hetero) is 1. The number of hydrogen-bond acceptors (Lipinski definition) is 3. The smallest absolute Gasteiger partial charge is 0.149 e. The molecule has 0 radical (unpaired) electrons. The van der Waals surface area contributed by atoms with E-state index in [1.165, 1.54) is 0 Å². The number of rotatable bonds is 3. The summed E-state index contributed by atoms with van der Waals surface area (Å²) in [7, 11) is 0. The van der Waals surface area contributed by atoms with Gasteiger partial charge in [-0.25, -0.2) is 0 Å². The molecule has 0 aromatic carbocycles. The second kappa shape index (κ2) is 4.01. The Hall–Kier alpha value is -0.410. The highest BCUT2D eigenvalue weighted by Gasteiger charge is 2.27. The summed E-state index contributed by atoms with van der Waals surface area (Å²) in [6.07, 6.45) is 1.17. The van der Waals surface area contributed by atoms with Gasteiger partial charge in [0.15, 0.2) is 0 Å². The van der Waals surface area contributed by atoms with Crippen LogP contribution >= 0.6 is 0 Å². The number of carbonyl (C=O) groups excluding carboxylic acids is 1. The molecule has 1 fully saturated rings. The van der Waals surface area contributed by atoms with Crippen LogP contribution in [0.15, 0.2) is 0 Å². The third kappa shape index (κ3) is 2.05. The molecule has 70 valence electrons. The minimum absolute atomic E-state index is 0.00727. The van der Waals surface area contributed by atoms with Crippen molar-refractivity contribution in [3.8, 4) is 0 Å². The van der Waals surface area contributed by atoms with Crippen LogP contribution in [0.25, 0.3) is 0 Å². The normalized spacial score (nSPS) is 27.4. The summed E-state index contributed by atoms with van der Waals surface area (Å²) in [5.74, 6) is 0.268. The van der Waals surface area contributed by atoms with Gasteiger partial charge in [-0.3, -0.25) is 9.69 Å². The zero-order valence-corrected chi connectivity index (χ0v) is 7.79. The third-order valence-corrected chi connectivity index (χ3v) is 2.56. The Balaban J connectivity index is 2.42. The molecule has 1 aliphatic rings. The van der Waals surface area contributed by atoms with Crippen LogP contribution in [-0.4, -0.2) is 41.0 Å². The molecule has 0 amide bonds. The quantitative estimate of drug-likeness (QED) is 0.669. The zero-order chi connectivity index (χ0) is 9.14. The first-order valence-corrected chi connectivity index (χ1v) is 4.60. The summed E-state index contributed by atoms with van der Waals surface area (Å²) in [4.78, 5) is 13.3. The lowest BCUT2D eigenvalue weighted by molar-refractivity contribution is -0.123. The van der Waals surface area contributed by atoms with Crippen molar-refractivity contribution in [2.75, 3.05) is 13.1 Å². The predicted octanol–water partition coefficient (Wildman–Crippen LogP) is 0.421. The molecule has 2 unspecified atom stereocenters. The summed E-state index contributed by atoms with van der Waals surface area (Å²) in [6.45, 7) is 5.32. The van der Waals surface area contributed by atoms with E-state index >= 15 is 0 Å². The van der Waals surface area contributed by atoms with Gasteiger partial charge in [0.2, 0.25) is 0 Å². The maximum Gasteiger partial charge on any atom is 0.149 e. The first-order chi connectivity index (χ1) is 5.65. The molecule has 1 aliphatic heterocycles. The molecular weight excluding hydrogens is 154 g/mol. The standard InChI is InChI=1S/C9H17NO2/c1-3-9(12)7(2)10-5-4-8(11)6-10/h7-8,11H,3-6H2,1-2H3. The number of ketones is 1. The van der Waals surface area contributed by atoms with Gasteiger partial charge in [-0.1, -0.05) is 6.92 Å². The number of aliphatic hydroxyl groups excluding tert-OH is 1. The Morgan fingerprint density at radius 3 is 2.83 bits per heavy atom. The van der Waals surface area contributed by atoms with Crippen molar-refractivity contribution in [2.24, 2.45) is 0 Å². The monoisotopic (exact) mass is 171 g/mol. The van der Waals surface area contributed by atoms with Crippen molar-refractivity contribution >= 4 is 5.78 Å². The molecule has 1 N–H and O–H groups in total. The largest absolute Gasteiger partial charge is 0.392 e. The van der Waals surface area contributed by atoms with Crippen molar-refractivity contribution in [3.63, 3.8) is 0 Å². The first-order valence-electron chi connectivity index (χ1n) is 4.60. The zero-order valence-electron chi connectivity index (χ0n) is 7.79. The average molecular weight is 171 g/mol. The SMILES string of the molecule is CCC(=O)C(C)N1CCC(O)C1. The minimum atomic E-state index is -0.225. The fraction of sp³-hybridized carbons (Fsp3) is 0.889. The molecule has 0 aromatic rings. The van der Waals surface area contributed by atoms with Gasteiger partial charge < -0.3 is 5.11 Å². The molecule has 1 rings (SSSR count). The number of β-amino-alcohol motifs (C(OH)–C–C–N with tert-alkyl or cyclic N) is 1. The molecule has 0 aromatic heterocycles. The molecule has 3 nitrogen and oxygen atoms in total. The Morgan fingerprint density at radius 2 is 2.42 bits per heavy atom. The molecule has 0 saturated carbocycles. The fourth-order valence-electron chi connectivity index (χ4n) is 1.62. The lowest BCUT2D eigenvalue weighted by Gasteiger charge is -2.21. The van der Waals surface area contributed by atoms with Crippen molar-refractivity contribution in [3.05, 3.63) is 0 Å². The van der Waals surface area contributed by atoms with E-state index in [-0.39, 0.29) is 17.9 Å².